The standard InChI is InChI=1S/C16H18N2OS/c19-16(18-10-6-1-2-7-11-18)15-14(17-12-20-15)13-8-4-3-5-9-13/h3-5,8-9,12H,1-2,6-7,10-11H2. The molecule has 0 aliphatic carbocycles. The summed E-state index contributed by atoms with van der Waals surface area (Å²) in [7, 11) is 0. The van der Waals surface area contributed by atoms with Crippen LogP contribution in [0.4, 0.5) is 0 Å². The minimum absolute atomic E-state index is 0.147. The Hall–Kier alpha value is -1.68. The number of nitrogens with zero attached hydrogens (tertiary/aromatic N) is 2. The number of hydrogen-bond acceptors (Lipinski definition) is 3. The molecule has 0 spiro atoms. The summed E-state index contributed by atoms with van der Waals surface area (Å²) < 4.78 is 0. The van der Waals surface area contributed by atoms with Crippen molar-refractivity contribution in [3.05, 3.63) is 40.7 Å². The molecule has 3 nitrogen and oxygen atoms in total. The first kappa shape index (κ1) is 13.3. The molecule has 1 aliphatic heterocycles. The van der Waals surface area contributed by atoms with E-state index in [1.807, 2.05) is 35.2 Å². The van der Waals surface area contributed by atoms with Crippen LogP contribution in [0.1, 0.15) is 35.4 Å². The number of carbonyl (C=O) groups is 1. The second kappa shape index (κ2) is 6.18. The molecule has 2 heterocycles. The smallest absolute Gasteiger partial charge is 0.266 e. The Balaban J connectivity index is 1.87. The number of rotatable bonds is 2. The van der Waals surface area contributed by atoms with Crippen LogP contribution >= 0.6 is 11.3 Å². The summed E-state index contributed by atoms with van der Waals surface area (Å²) in [4.78, 5) is 19.9. The Kier molecular flexibility index (Phi) is 4.11. The monoisotopic (exact) mass is 286 g/mol. The van der Waals surface area contributed by atoms with Gasteiger partial charge in [0.05, 0.1) is 11.2 Å². The van der Waals surface area contributed by atoms with Crippen molar-refractivity contribution in [1.82, 2.24) is 9.88 Å². The Morgan fingerprint density at radius 1 is 1.05 bits per heavy atom. The number of thiazole rings is 1. The Bertz CT molecular complexity index is 571. The van der Waals surface area contributed by atoms with E-state index < -0.39 is 0 Å². The van der Waals surface area contributed by atoms with Crippen molar-refractivity contribution < 1.29 is 4.79 Å². The number of hydrogen-bond donors (Lipinski definition) is 0. The van der Waals surface area contributed by atoms with Crippen LogP contribution in [0.15, 0.2) is 35.8 Å². The van der Waals surface area contributed by atoms with Gasteiger partial charge in [0.25, 0.3) is 5.91 Å². The van der Waals surface area contributed by atoms with Crippen molar-refractivity contribution in [2.24, 2.45) is 0 Å². The zero-order valence-corrected chi connectivity index (χ0v) is 12.2. The van der Waals surface area contributed by atoms with Gasteiger partial charge in [-0.1, -0.05) is 43.2 Å². The quantitative estimate of drug-likeness (QED) is 0.840. The van der Waals surface area contributed by atoms with Gasteiger partial charge in [0, 0.05) is 18.7 Å². The third kappa shape index (κ3) is 2.75. The third-order valence-corrected chi connectivity index (χ3v) is 4.52. The Labute approximate surface area is 123 Å². The van der Waals surface area contributed by atoms with E-state index >= 15 is 0 Å². The topological polar surface area (TPSA) is 33.2 Å². The highest BCUT2D eigenvalue weighted by molar-refractivity contribution is 7.12. The lowest BCUT2D eigenvalue weighted by Gasteiger charge is -2.19. The maximum absolute atomic E-state index is 12.7. The average molecular weight is 286 g/mol. The summed E-state index contributed by atoms with van der Waals surface area (Å²) >= 11 is 1.45. The fourth-order valence-corrected chi connectivity index (χ4v) is 3.39. The van der Waals surface area contributed by atoms with Gasteiger partial charge in [0.2, 0.25) is 0 Å². The molecule has 1 aliphatic rings. The molecule has 0 bridgehead atoms. The molecule has 1 saturated heterocycles. The van der Waals surface area contributed by atoms with Crippen LogP contribution in [0.25, 0.3) is 11.3 Å². The highest BCUT2D eigenvalue weighted by Crippen LogP contribution is 2.27. The summed E-state index contributed by atoms with van der Waals surface area (Å²) in [5.74, 6) is 0.147. The number of carbonyl (C=O) groups excluding carboxylic acids is 1. The molecular weight excluding hydrogens is 268 g/mol. The number of amides is 1. The van der Waals surface area contributed by atoms with E-state index in [1.165, 1.54) is 24.2 Å². The van der Waals surface area contributed by atoms with Gasteiger partial charge in [0.1, 0.15) is 4.88 Å². The fourth-order valence-electron chi connectivity index (χ4n) is 2.62. The fraction of sp³-hybridized carbons (Fsp3) is 0.375. The molecule has 1 aromatic heterocycles. The second-order valence-electron chi connectivity index (χ2n) is 5.10. The molecule has 1 aromatic carbocycles. The molecule has 20 heavy (non-hydrogen) atoms. The van der Waals surface area contributed by atoms with Gasteiger partial charge in [-0.05, 0) is 12.8 Å². The summed E-state index contributed by atoms with van der Waals surface area (Å²) in [6, 6.07) is 9.96. The van der Waals surface area contributed by atoms with Gasteiger partial charge in [-0.2, -0.15) is 0 Å². The van der Waals surface area contributed by atoms with Crippen molar-refractivity contribution in [2.75, 3.05) is 13.1 Å². The van der Waals surface area contributed by atoms with E-state index in [0.717, 1.165) is 42.1 Å². The molecule has 4 heteroatoms. The minimum atomic E-state index is 0.147. The molecule has 2 aromatic rings. The van der Waals surface area contributed by atoms with Crippen LogP contribution in [0.5, 0.6) is 0 Å². The molecule has 0 radical (unpaired) electrons. The molecule has 0 saturated carbocycles. The molecular formula is C16H18N2OS. The van der Waals surface area contributed by atoms with E-state index in [1.54, 1.807) is 5.51 Å². The number of likely N-dealkylation sites (tertiary alicyclic amines) is 1. The van der Waals surface area contributed by atoms with Gasteiger partial charge >= 0.3 is 0 Å². The van der Waals surface area contributed by atoms with Gasteiger partial charge < -0.3 is 4.90 Å². The zero-order chi connectivity index (χ0) is 13.8. The maximum atomic E-state index is 12.7. The summed E-state index contributed by atoms with van der Waals surface area (Å²) in [6.07, 6.45) is 4.70. The predicted molar refractivity (Wildman–Crippen MR) is 81.9 cm³/mol. The summed E-state index contributed by atoms with van der Waals surface area (Å²) in [5, 5.41) is 0. The van der Waals surface area contributed by atoms with Crippen molar-refractivity contribution in [3.8, 4) is 11.3 Å². The van der Waals surface area contributed by atoms with Crippen LogP contribution in [0, 0.1) is 0 Å². The van der Waals surface area contributed by atoms with Crippen molar-refractivity contribution in [3.63, 3.8) is 0 Å². The average Bonchev–Trinajstić information content (AvgIpc) is 2.82. The second-order valence-corrected chi connectivity index (χ2v) is 5.96. The summed E-state index contributed by atoms with van der Waals surface area (Å²) in [6.45, 7) is 1.76. The van der Waals surface area contributed by atoms with Crippen molar-refractivity contribution >= 4 is 17.2 Å². The van der Waals surface area contributed by atoms with Crippen molar-refractivity contribution in [2.45, 2.75) is 25.7 Å². The first-order valence-electron chi connectivity index (χ1n) is 7.14. The molecule has 0 unspecified atom stereocenters. The van der Waals surface area contributed by atoms with Gasteiger partial charge in [-0.15, -0.1) is 11.3 Å². The van der Waals surface area contributed by atoms with Gasteiger partial charge in [0.15, 0.2) is 0 Å². The van der Waals surface area contributed by atoms with E-state index in [9.17, 15) is 4.79 Å². The van der Waals surface area contributed by atoms with Crippen LogP contribution in [0.2, 0.25) is 0 Å². The molecule has 0 atom stereocenters. The van der Waals surface area contributed by atoms with Gasteiger partial charge in [-0.25, -0.2) is 4.98 Å². The lowest BCUT2D eigenvalue weighted by Crippen LogP contribution is -2.31. The van der Waals surface area contributed by atoms with E-state index in [2.05, 4.69) is 4.98 Å². The Morgan fingerprint density at radius 2 is 1.75 bits per heavy atom. The molecule has 1 amide bonds. The molecule has 1 fully saturated rings. The van der Waals surface area contributed by atoms with Crippen LogP contribution in [0.3, 0.4) is 0 Å². The largest absolute Gasteiger partial charge is 0.338 e. The van der Waals surface area contributed by atoms with Crippen LogP contribution in [-0.2, 0) is 0 Å². The molecule has 0 N–H and O–H groups in total. The zero-order valence-electron chi connectivity index (χ0n) is 11.4. The highest BCUT2D eigenvalue weighted by Gasteiger charge is 2.22. The lowest BCUT2D eigenvalue weighted by atomic mass is 10.1. The number of benzene rings is 1. The predicted octanol–water partition coefficient (Wildman–Crippen LogP) is 3.83. The third-order valence-electron chi connectivity index (χ3n) is 3.70. The van der Waals surface area contributed by atoms with Crippen LogP contribution < -0.4 is 0 Å². The molecule has 104 valence electrons. The minimum Gasteiger partial charge on any atom is -0.338 e. The highest BCUT2D eigenvalue weighted by atomic mass is 32.1. The van der Waals surface area contributed by atoms with E-state index in [4.69, 9.17) is 0 Å². The lowest BCUT2D eigenvalue weighted by molar-refractivity contribution is 0.0767. The van der Waals surface area contributed by atoms with E-state index in [0.29, 0.717) is 0 Å². The molecule has 3 rings (SSSR count). The SMILES string of the molecule is O=C(c1scnc1-c1ccccc1)N1CCCCCC1. The van der Waals surface area contributed by atoms with Crippen molar-refractivity contribution in [1.29, 1.82) is 0 Å². The Morgan fingerprint density at radius 3 is 2.45 bits per heavy atom. The van der Waals surface area contributed by atoms with E-state index in [-0.39, 0.29) is 5.91 Å². The van der Waals surface area contributed by atoms with Gasteiger partial charge in [-0.3, -0.25) is 4.79 Å². The maximum Gasteiger partial charge on any atom is 0.266 e. The summed E-state index contributed by atoms with van der Waals surface area (Å²) in [5.41, 5.74) is 3.62. The normalized spacial score (nSPS) is 15.9. The van der Waals surface area contributed by atoms with Crippen LogP contribution in [-0.4, -0.2) is 28.9 Å². The first-order chi connectivity index (χ1) is 9.86. The number of aromatic nitrogens is 1. The first-order valence-corrected chi connectivity index (χ1v) is 8.02.